The molecule has 1 aromatic rings. The fraction of sp³-hybridized carbons (Fsp3) is 0.545. The smallest absolute Gasteiger partial charge is 0.463 e. The second kappa shape index (κ2) is 6.99. The van der Waals surface area contributed by atoms with E-state index < -0.39 is 21.1 Å². The summed E-state index contributed by atoms with van der Waals surface area (Å²) in [5, 5.41) is 17.9. The molecule has 0 bridgehead atoms. The zero-order chi connectivity index (χ0) is 14.5. The summed E-state index contributed by atoms with van der Waals surface area (Å²) in [7, 11) is -2.86. The van der Waals surface area contributed by atoms with Crippen molar-refractivity contribution in [1.29, 1.82) is 0 Å². The van der Waals surface area contributed by atoms with Gasteiger partial charge in [-0.1, -0.05) is 19.6 Å². The Balaban J connectivity index is 2.42. The zero-order valence-corrected chi connectivity index (χ0v) is 12.4. The molecule has 0 saturated carbocycles. The van der Waals surface area contributed by atoms with Crippen LogP contribution in [0.25, 0.3) is 0 Å². The molecule has 0 saturated heterocycles. The Labute approximate surface area is 113 Å². The van der Waals surface area contributed by atoms with Gasteiger partial charge in [0, 0.05) is 26.3 Å². The molecule has 8 heteroatoms. The third-order valence-electron chi connectivity index (χ3n) is 2.42. The molecular weight excluding hydrogens is 268 g/mol. The van der Waals surface area contributed by atoms with Crippen LogP contribution in [0, 0.1) is 5.95 Å². The number of halogens is 1. The highest BCUT2D eigenvalue weighted by Gasteiger charge is 2.16. The Hall–Kier alpha value is -0.958. The molecule has 0 unspecified atom stereocenters. The second-order valence-electron chi connectivity index (χ2n) is 5.41. The fourth-order valence-corrected chi connectivity index (χ4v) is 1.98. The van der Waals surface area contributed by atoms with E-state index in [1.54, 1.807) is 0 Å². The maximum Gasteiger partial charge on any atom is 0.490 e. The monoisotopic (exact) mass is 287 g/mol. The van der Waals surface area contributed by atoms with E-state index in [0.29, 0.717) is 6.61 Å². The SMILES string of the molecule is C[Si](C)(C)CCOCOc1cc(B(O)O)cnc1F. The van der Waals surface area contributed by atoms with Crippen LogP contribution in [0.2, 0.25) is 25.7 Å². The molecule has 106 valence electrons. The van der Waals surface area contributed by atoms with Crippen molar-refractivity contribution >= 4 is 20.7 Å². The first-order valence-corrected chi connectivity index (χ1v) is 9.72. The minimum Gasteiger partial charge on any atom is -0.463 e. The molecule has 0 amide bonds. The molecule has 0 atom stereocenters. The summed E-state index contributed by atoms with van der Waals surface area (Å²) in [5.41, 5.74) is 0.0681. The highest BCUT2D eigenvalue weighted by molar-refractivity contribution is 6.76. The van der Waals surface area contributed by atoms with Crippen molar-refractivity contribution in [3.8, 4) is 5.75 Å². The number of aromatic nitrogens is 1. The van der Waals surface area contributed by atoms with Crippen LogP contribution in [-0.4, -0.2) is 43.6 Å². The normalized spacial score (nSPS) is 11.5. The van der Waals surface area contributed by atoms with Gasteiger partial charge in [0.1, 0.15) is 0 Å². The van der Waals surface area contributed by atoms with Gasteiger partial charge in [-0.25, -0.2) is 4.98 Å². The first kappa shape index (κ1) is 16.1. The first-order valence-electron chi connectivity index (χ1n) is 6.02. The summed E-state index contributed by atoms with van der Waals surface area (Å²) in [6, 6.07) is 2.18. The molecule has 0 aromatic carbocycles. The summed E-state index contributed by atoms with van der Waals surface area (Å²) >= 11 is 0. The maximum absolute atomic E-state index is 13.3. The van der Waals surface area contributed by atoms with Crippen molar-refractivity contribution in [2.24, 2.45) is 0 Å². The van der Waals surface area contributed by atoms with Gasteiger partial charge in [-0.3, -0.25) is 0 Å². The van der Waals surface area contributed by atoms with Crippen LogP contribution in [-0.2, 0) is 4.74 Å². The molecule has 0 spiro atoms. The lowest BCUT2D eigenvalue weighted by molar-refractivity contribution is 0.0193. The summed E-state index contributed by atoms with van der Waals surface area (Å²) in [4.78, 5) is 3.38. The average molecular weight is 287 g/mol. The lowest BCUT2D eigenvalue weighted by Crippen LogP contribution is -2.30. The number of rotatable bonds is 7. The summed E-state index contributed by atoms with van der Waals surface area (Å²) < 4.78 is 23.6. The van der Waals surface area contributed by atoms with Gasteiger partial charge >= 0.3 is 7.12 Å². The van der Waals surface area contributed by atoms with E-state index in [0.717, 1.165) is 12.2 Å². The zero-order valence-electron chi connectivity index (χ0n) is 11.4. The summed E-state index contributed by atoms with van der Waals surface area (Å²) in [6.45, 7) is 7.16. The van der Waals surface area contributed by atoms with E-state index in [9.17, 15) is 4.39 Å². The van der Waals surface area contributed by atoms with Gasteiger partial charge in [-0.15, -0.1) is 0 Å². The van der Waals surface area contributed by atoms with Gasteiger partial charge in [-0.2, -0.15) is 4.39 Å². The molecule has 0 aliphatic carbocycles. The summed E-state index contributed by atoms with van der Waals surface area (Å²) in [6.07, 6.45) is 1.04. The molecule has 5 nitrogen and oxygen atoms in total. The Kier molecular flexibility index (Phi) is 5.93. The maximum atomic E-state index is 13.3. The van der Waals surface area contributed by atoms with Crippen LogP contribution in [0.3, 0.4) is 0 Å². The minimum absolute atomic E-state index is 0.0681. The third kappa shape index (κ3) is 6.15. The quantitative estimate of drug-likeness (QED) is 0.332. The van der Waals surface area contributed by atoms with Crippen LogP contribution in [0.5, 0.6) is 5.75 Å². The van der Waals surface area contributed by atoms with Gasteiger partial charge in [0.25, 0.3) is 5.95 Å². The lowest BCUT2D eigenvalue weighted by atomic mass is 9.82. The predicted molar refractivity (Wildman–Crippen MR) is 73.6 cm³/mol. The van der Waals surface area contributed by atoms with E-state index in [1.807, 2.05) is 0 Å². The van der Waals surface area contributed by atoms with Crippen LogP contribution >= 0.6 is 0 Å². The molecule has 19 heavy (non-hydrogen) atoms. The Morgan fingerprint density at radius 1 is 1.37 bits per heavy atom. The molecule has 0 aliphatic rings. The molecular formula is C11H19BFNO4Si. The van der Waals surface area contributed by atoms with Crippen LogP contribution in [0.15, 0.2) is 12.3 Å². The van der Waals surface area contributed by atoms with Gasteiger partial charge in [0.15, 0.2) is 12.5 Å². The Bertz CT molecular complexity index is 414. The van der Waals surface area contributed by atoms with E-state index in [1.165, 1.54) is 6.07 Å². The molecule has 1 heterocycles. The van der Waals surface area contributed by atoms with Crippen LogP contribution in [0.4, 0.5) is 4.39 Å². The van der Waals surface area contributed by atoms with E-state index in [-0.39, 0.29) is 18.0 Å². The standard InChI is InChI=1S/C11H19BFNO4Si/c1-19(2,3)5-4-17-8-18-10-6-9(12(15)16)7-14-11(10)13/h6-7,15-16H,4-5,8H2,1-3H3. The molecule has 2 N–H and O–H groups in total. The fourth-order valence-electron chi connectivity index (χ4n) is 1.23. The number of pyridine rings is 1. The third-order valence-corrected chi connectivity index (χ3v) is 4.12. The van der Waals surface area contributed by atoms with Crippen molar-refractivity contribution in [3.63, 3.8) is 0 Å². The van der Waals surface area contributed by atoms with Crippen molar-refractivity contribution < 1.29 is 23.9 Å². The van der Waals surface area contributed by atoms with Gasteiger partial charge in [0.05, 0.1) is 0 Å². The lowest BCUT2D eigenvalue weighted by Gasteiger charge is -2.15. The van der Waals surface area contributed by atoms with Crippen LogP contribution in [0.1, 0.15) is 0 Å². The highest BCUT2D eigenvalue weighted by atomic mass is 28.3. The Morgan fingerprint density at radius 2 is 2.05 bits per heavy atom. The van der Waals surface area contributed by atoms with Gasteiger partial charge < -0.3 is 19.5 Å². The average Bonchev–Trinajstić information content (AvgIpc) is 2.29. The largest absolute Gasteiger partial charge is 0.490 e. The second-order valence-corrected chi connectivity index (χ2v) is 11.0. The molecule has 0 radical (unpaired) electrons. The topological polar surface area (TPSA) is 71.8 Å². The van der Waals surface area contributed by atoms with Gasteiger partial charge in [-0.05, 0) is 12.1 Å². The van der Waals surface area contributed by atoms with Crippen molar-refractivity contribution in [2.45, 2.75) is 25.7 Å². The molecule has 0 fully saturated rings. The van der Waals surface area contributed by atoms with Crippen molar-refractivity contribution in [3.05, 3.63) is 18.2 Å². The number of hydrogen-bond donors (Lipinski definition) is 2. The van der Waals surface area contributed by atoms with Gasteiger partial charge in [0.2, 0.25) is 0 Å². The van der Waals surface area contributed by atoms with E-state index in [2.05, 4.69) is 24.6 Å². The van der Waals surface area contributed by atoms with E-state index in [4.69, 9.17) is 19.5 Å². The molecule has 1 rings (SSSR count). The number of ether oxygens (including phenoxy) is 2. The number of hydrogen-bond acceptors (Lipinski definition) is 5. The summed E-state index contributed by atoms with van der Waals surface area (Å²) in [5.74, 6) is -0.961. The van der Waals surface area contributed by atoms with Crippen LogP contribution < -0.4 is 10.2 Å². The Morgan fingerprint density at radius 3 is 2.63 bits per heavy atom. The molecule has 0 aliphatic heterocycles. The number of nitrogens with zero attached hydrogens (tertiary/aromatic N) is 1. The van der Waals surface area contributed by atoms with Crippen molar-refractivity contribution in [1.82, 2.24) is 4.98 Å². The highest BCUT2D eigenvalue weighted by Crippen LogP contribution is 2.12. The van der Waals surface area contributed by atoms with Crippen molar-refractivity contribution in [2.75, 3.05) is 13.4 Å². The van der Waals surface area contributed by atoms with E-state index >= 15 is 0 Å². The molecule has 1 aromatic heterocycles. The predicted octanol–water partition coefficient (Wildman–Crippen LogP) is 0.592. The minimum atomic E-state index is -1.71. The first-order chi connectivity index (χ1) is 8.79.